The standard InChI is InChI=1S/C15H29NO4Si/c1-9(2)14(18)19-13-11(12(17)16-13)10(3)20-21(7,8)15(4,5)6/h9-11,13H,1-8H3,(H,16,17)/t10-,11+,13-/m1/s1. The third kappa shape index (κ3) is 4.07. The van der Waals surface area contributed by atoms with Crippen molar-refractivity contribution in [2.45, 2.75) is 72.0 Å². The predicted molar refractivity (Wildman–Crippen MR) is 84.1 cm³/mol. The number of rotatable bonds is 5. The molecule has 1 rings (SSSR count). The molecule has 0 spiro atoms. The van der Waals surface area contributed by atoms with Crippen molar-refractivity contribution in [1.29, 1.82) is 0 Å². The summed E-state index contributed by atoms with van der Waals surface area (Å²) in [6.45, 7) is 16.2. The van der Waals surface area contributed by atoms with Crippen LogP contribution in [0, 0.1) is 11.8 Å². The highest BCUT2D eigenvalue weighted by molar-refractivity contribution is 6.74. The second kappa shape index (κ2) is 6.08. The van der Waals surface area contributed by atoms with Gasteiger partial charge in [0.05, 0.1) is 12.0 Å². The van der Waals surface area contributed by atoms with Crippen LogP contribution in [-0.4, -0.2) is 32.5 Å². The monoisotopic (exact) mass is 315 g/mol. The van der Waals surface area contributed by atoms with Crippen molar-refractivity contribution in [2.75, 3.05) is 0 Å². The Morgan fingerprint density at radius 3 is 2.14 bits per heavy atom. The van der Waals surface area contributed by atoms with E-state index in [1.54, 1.807) is 13.8 Å². The van der Waals surface area contributed by atoms with Gasteiger partial charge in [0.15, 0.2) is 14.5 Å². The van der Waals surface area contributed by atoms with Crippen LogP contribution in [0.1, 0.15) is 41.5 Å². The van der Waals surface area contributed by atoms with Gasteiger partial charge in [-0.3, -0.25) is 9.59 Å². The highest BCUT2D eigenvalue weighted by Crippen LogP contribution is 2.39. The summed E-state index contributed by atoms with van der Waals surface area (Å²) in [4.78, 5) is 23.5. The lowest BCUT2D eigenvalue weighted by molar-refractivity contribution is -0.177. The van der Waals surface area contributed by atoms with E-state index < -0.39 is 20.5 Å². The number of esters is 1. The number of hydrogen-bond donors (Lipinski definition) is 1. The second-order valence-corrected chi connectivity index (χ2v) is 12.4. The molecule has 21 heavy (non-hydrogen) atoms. The summed E-state index contributed by atoms with van der Waals surface area (Å²) in [7, 11) is -1.95. The van der Waals surface area contributed by atoms with Gasteiger partial charge in [-0.15, -0.1) is 0 Å². The molecule has 1 fully saturated rings. The summed E-state index contributed by atoms with van der Waals surface area (Å²) >= 11 is 0. The van der Waals surface area contributed by atoms with Crippen LogP contribution in [0.3, 0.4) is 0 Å². The molecular formula is C15H29NO4Si. The molecule has 1 amide bonds. The summed E-state index contributed by atoms with van der Waals surface area (Å²) in [6, 6.07) is 0. The first kappa shape index (κ1) is 18.2. The normalized spacial score (nSPS) is 24.3. The van der Waals surface area contributed by atoms with E-state index in [1.165, 1.54) is 0 Å². The van der Waals surface area contributed by atoms with E-state index in [1.807, 2.05) is 6.92 Å². The summed E-state index contributed by atoms with van der Waals surface area (Å²) in [6.07, 6.45) is -0.822. The van der Waals surface area contributed by atoms with E-state index in [9.17, 15) is 9.59 Å². The first-order valence-electron chi connectivity index (χ1n) is 7.55. The van der Waals surface area contributed by atoms with Crippen LogP contribution in [0.15, 0.2) is 0 Å². The average Bonchev–Trinajstić information content (AvgIpc) is 2.24. The number of amides is 1. The zero-order valence-corrected chi connectivity index (χ0v) is 15.4. The van der Waals surface area contributed by atoms with Crippen molar-refractivity contribution in [3.63, 3.8) is 0 Å². The Balaban J connectivity index is 2.70. The lowest BCUT2D eigenvalue weighted by Gasteiger charge is -2.44. The van der Waals surface area contributed by atoms with Crippen molar-refractivity contribution in [2.24, 2.45) is 11.8 Å². The highest BCUT2D eigenvalue weighted by atomic mass is 28.4. The Hall–Kier alpha value is -0.883. The molecule has 0 aromatic rings. The van der Waals surface area contributed by atoms with Gasteiger partial charge in [-0.2, -0.15) is 0 Å². The maximum atomic E-state index is 11.8. The van der Waals surface area contributed by atoms with Gasteiger partial charge in [0.1, 0.15) is 5.92 Å². The van der Waals surface area contributed by atoms with Crippen molar-refractivity contribution in [3.8, 4) is 0 Å². The summed E-state index contributed by atoms with van der Waals surface area (Å²) in [5.74, 6) is -1.03. The lowest BCUT2D eigenvalue weighted by atomic mass is 9.93. The van der Waals surface area contributed by atoms with Crippen LogP contribution in [-0.2, 0) is 18.8 Å². The smallest absolute Gasteiger partial charge is 0.310 e. The Kier molecular flexibility index (Phi) is 5.26. The minimum atomic E-state index is -1.95. The van der Waals surface area contributed by atoms with Gasteiger partial charge in [0.25, 0.3) is 0 Å². The van der Waals surface area contributed by atoms with Gasteiger partial charge in [-0.1, -0.05) is 34.6 Å². The number of hydrogen-bond acceptors (Lipinski definition) is 4. The molecular weight excluding hydrogens is 286 g/mol. The van der Waals surface area contributed by atoms with E-state index in [0.29, 0.717) is 0 Å². The third-order valence-electron chi connectivity index (χ3n) is 4.42. The molecule has 0 saturated carbocycles. The van der Waals surface area contributed by atoms with Gasteiger partial charge >= 0.3 is 5.97 Å². The maximum absolute atomic E-state index is 11.8. The molecule has 0 aromatic carbocycles. The number of nitrogens with one attached hydrogen (secondary N) is 1. The Labute approximate surface area is 128 Å². The first-order chi connectivity index (χ1) is 9.36. The van der Waals surface area contributed by atoms with Crippen LogP contribution < -0.4 is 5.32 Å². The van der Waals surface area contributed by atoms with E-state index in [-0.39, 0.29) is 28.9 Å². The Morgan fingerprint density at radius 1 is 1.24 bits per heavy atom. The summed E-state index contributed by atoms with van der Waals surface area (Å²) in [5, 5.41) is 2.71. The van der Waals surface area contributed by atoms with Gasteiger partial charge in [0.2, 0.25) is 5.91 Å². The molecule has 1 heterocycles. The topological polar surface area (TPSA) is 64.6 Å². The number of carbonyl (C=O) groups excluding carboxylic acids is 2. The van der Waals surface area contributed by atoms with Crippen molar-refractivity contribution >= 4 is 20.2 Å². The summed E-state index contributed by atoms with van der Waals surface area (Å²) in [5.41, 5.74) is 0. The molecule has 0 unspecified atom stereocenters. The van der Waals surface area contributed by atoms with Gasteiger partial charge in [-0.05, 0) is 25.1 Å². The van der Waals surface area contributed by atoms with Gasteiger partial charge < -0.3 is 14.5 Å². The number of β-lactam (4-membered cyclic amide) rings is 1. The van der Waals surface area contributed by atoms with Crippen LogP contribution in [0.25, 0.3) is 0 Å². The Bertz CT molecular complexity index is 414. The predicted octanol–water partition coefficient (Wildman–Crippen LogP) is 2.67. The molecule has 5 nitrogen and oxygen atoms in total. The highest BCUT2D eigenvalue weighted by Gasteiger charge is 2.49. The van der Waals surface area contributed by atoms with E-state index in [2.05, 4.69) is 39.2 Å². The van der Waals surface area contributed by atoms with Crippen LogP contribution in [0.4, 0.5) is 0 Å². The minimum Gasteiger partial charge on any atom is -0.440 e. The molecule has 0 radical (unpaired) electrons. The quantitative estimate of drug-likeness (QED) is 0.481. The molecule has 1 aliphatic heterocycles. The molecule has 3 atom stereocenters. The van der Waals surface area contributed by atoms with Crippen LogP contribution >= 0.6 is 0 Å². The van der Waals surface area contributed by atoms with E-state index in [4.69, 9.17) is 9.16 Å². The third-order valence-corrected chi connectivity index (χ3v) is 8.99. The largest absolute Gasteiger partial charge is 0.440 e. The van der Waals surface area contributed by atoms with Crippen molar-refractivity contribution in [1.82, 2.24) is 5.32 Å². The zero-order valence-electron chi connectivity index (χ0n) is 14.4. The number of carbonyl (C=O) groups is 2. The fourth-order valence-electron chi connectivity index (χ4n) is 1.91. The Morgan fingerprint density at radius 2 is 1.76 bits per heavy atom. The van der Waals surface area contributed by atoms with E-state index >= 15 is 0 Å². The molecule has 0 aliphatic carbocycles. The van der Waals surface area contributed by atoms with Gasteiger partial charge in [0, 0.05) is 0 Å². The van der Waals surface area contributed by atoms with Crippen LogP contribution in [0.5, 0.6) is 0 Å². The molecule has 1 aliphatic rings. The van der Waals surface area contributed by atoms with Crippen molar-refractivity contribution < 1.29 is 18.8 Å². The average molecular weight is 315 g/mol. The summed E-state index contributed by atoms with van der Waals surface area (Å²) < 4.78 is 11.6. The molecule has 1 N–H and O–H groups in total. The second-order valence-electron chi connectivity index (χ2n) is 7.63. The lowest BCUT2D eigenvalue weighted by Crippen LogP contribution is -2.65. The fraction of sp³-hybridized carbons (Fsp3) is 0.867. The minimum absolute atomic E-state index is 0.0750. The molecule has 1 saturated heterocycles. The molecule has 122 valence electrons. The van der Waals surface area contributed by atoms with Crippen molar-refractivity contribution in [3.05, 3.63) is 0 Å². The SMILES string of the molecule is CC(C)C(=O)O[C@H]1NC(=O)[C@@H]1[C@@H](C)O[Si](C)(C)C(C)(C)C. The maximum Gasteiger partial charge on any atom is 0.310 e. The van der Waals surface area contributed by atoms with Crippen LogP contribution in [0.2, 0.25) is 18.1 Å². The molecule has 0 aromatic heterocycles. The zero-order chi connectivity index (χ0) is 16.6. The fourth-order valence-corrected chi connectivity index (χ4v) is 3.34. The molecule has 0 bridgehead atoms. The first-order valence-corrected chi connectivity index (χ1v) is 10.5. The van der Waals surface area contributed by atoms with E-state index in [0.717, 1.165) is 0 Å². The van der Waals surface area contributed by atoms with Gasteiger partial charge in [-0.25, -0.2) is 0 Å². The number of ether oxygens (including phenoxy) is 1. The molecule has 6 heteroatoms.